The highest BCUT2D eigenvalue weighted by molar-refractivity contribution is 9.10. The zero-order valence-corrected chi connectivity index (χ0v) is 35.7. The molecule has 8 rings (SSSR count). The number of carbonyl (C=O) groups excluding carboxylic acids is 1. The van der Waals surface area contributed by atoms with Gasteiger partial charge in [-0.05, 0) is 131 Å². The van der Waals surface area contributed by atoms with Crippen molar-refractivity contribution in [1.82, 2.24) is 45.0 Å². The molecule has 2 aliphatic rings. The topological polar surface area (TPSA) is 198 Å². The minimum atomic E-state index is -0.604. The summed E-state index contributed by atoms with van der Waals surface area (Å²) < 4.78 is 13.2. The Kier molecular flexibility index (Phi) is 14.9. The predicted molar refractivity (Wildman–Crippen MR) is 232 cm³/mol. The highest BCUT2D eigenvalue weighted by Gasteiger charge is 2.21. The van der Waals surface area contributed by atoms with Gasteiger partial charge < -0.3 is 45.0 Å². The van der Waals surface area contributed by atoms with Crippen molar-refractivity contribution in [2.45, 2.75) is 50.4 Å². The van der Waals surface area contributed by atoms with Crippen molar-refractivity contribution in [3.63, 3.8) is 0 Å². The number of aromatic nitrogens is 6. The van der Waals surface area contributed by atoms with Gasteiger partial charge in [0.1, 0.15) is 48.6 Å². The number of aliphatic hydroxyl groups is 3. The van der Waals surface area contributed by atoms with Crippen molar-refractivity contribution < 1.29 is 29.6 Å². The number of amides is 1. The molecule has 0 spiro atoms. The van der Waals surface area contributed by atoms with Gasteiger partial charge >= 0.3 is 0 Å². The summed E-state index contributed by atoms with van der Waals surface area (Å²) in [5.41, 5.74) is 4.94. The van der Waals surface area contributed by atoms with Crippen LogP contribution in [0.2, 0.25) is 0 Å². The molecule has 17 heteroatoms. The van der Waals surface area contributed by atoms with Gasteiger partial charge in [0, 0.05) is 71.6 Å². The Morgan fingerprint density at radius 1 is 0.814 bits per heavy atom. The van der Waals surface area contributed by atoms with Crippen LogP contribution < -0.4 is 14.8 Å². The molecule has 2 saturated heterocycles. The molecule has 59 heavy (non-hydrogen) atoms. The molecule has 0 aliphatic carbocycles. The fraction of sp³-hybridized carbons (Fsp3) is 0.405. The molecule has 6 heterocycles. The van der Waals surface area contributed by atoms with Crippen LogP contribution in [0, 0.1) is 0 Å². The van der Waals surface area contributed by atoms with Gasteiger partial charge in [-0.2, -0.15) is 0 Å². The van der Waals surface area contributed by atoms with Gasteiger partial charge in [0.25, 0.3) is 0 Å². The lowest BCUT2D eigenvalue weighted by Crippen LogP contribution is -2.43. The van der Waals surface area contributed by atoms with E-state index in [9.17, 15) is 20.1 Å². The molecule has 312 valence electrons. The smallest absolute Gasteiger partial charge is 0.222 e. The standard InChI is InChI=1S/C22H26BrN5O3.C20H23BrN4O3/c23-16-11-19-22(25-12-16)27-21(26-19)15-4-6-18(7-5-15)31-14-17(29)13-24-8-2-10-28-9-1-3-20(28)30;21-14-8-18-20(22-9-14)24-19(23-18)13-3-5-17(6-4-13)28-12-16(27)11-25-7-1-2-15(26)10-25/h4-7,11-12,17,24,29H,1-3,8-10,13-14H2,(H,25,26,27);3-6,8-9,15-16,26-27H,1-2,7,10-12H2,(H,22,23,24). The summed E-state index contributed by atoms with van der Waals surface area (Å²) >= 11 is 6.82. The summed E-state index contributed by atoms with van der Waals surface area (Å²) in [5.74, 6) is 3.12. The Hall–Kier alpha value is -4.49. The van der Waals surface area contributed by atoms with Crippen molar-refractivity contribution in [3.05, 3.63) is 82.0 Å². The zero-order chi connectivity index (χ0) is 41.1. The third-order valence-electron chi connectivity index (χ3n) is 10.0. The van der Waals surface area contributed by atoms with Crippen LogP contribution in [0.3, 0.4) is 0 Å². The van der Waals surface area contributed by atoms with Crippen molar-refractivity contribution in [3.8, 4) is 34.3 Å². The summed E-state index contributed by atoms with van der Waals surface area (Å²) in [4.78, 5) is 39.7. The predicted octanol–water partition coefficient (Wildman–Crippen LogP) is 5.31. The number of H-pyrrole nitrogens is 2. The molecule has 3 unspecified atom stereocenters. The van der Waals surface area contributed by atoms with Gasteiger partial charge in [0.2, 0.25) is 5.91 Å². The lowest BCUT2D eigenvalue weighted by molar-refractivity contribution is -0.127. The zero-order valence-electron chi connectivity index (χ0n) is 32.6. The Bertz CT molecular complexity index is 2270. The first kappa shape index (κ1) is 42.6. The van der Waals surface area contributed by atoms with Gasteiger partial charge in [-0.1, -0.05) is 0 Å². The monoisotopic (exact) mass is 933 g/mol. The second-order valence-corrected chi connectivity index (χ2v) is 16.6. The first-order chi connectivity index (χ1) is 28.6. The lowest BCUT2D eigenvalue weighted by Gasteiger charge is -2.31. The Labute approximate surface area is 358 Å². The third-order valence-corrected chi connectivity index (χ3v) is 10.9. The quantitative estimate of drug-likeness (QED) is 0.0686. The Morgan fingerprint density at radius 3 is 1.93 bits per heavy atom. The summed E-state index contributed by atoms with van der Waals surface area (Å²) in [6, 6.07) is 19.0. The van der Waals surface area contributed by atoms with Gasteiger partial charge in [-0.25, -0.2) is 19.9 Å². The van der Waals surface area contributed by atoms with Crippen molar-refractivity contribution in [2.75, 3.05) is 59.0 Å². The number of aromatic amines is 2. The van der Waals surface area contributed by atoms with Crippen LogP contribution in [-0.4, -0.2) is 138 Å². The van der Waals surface area contributed by atoms with E-state index in [2.05, 4.69) is 72.0 Å². The number of ether oxygens (including phenoxy) is 2. The number of fused-ring (bicyclic) bond motifs is 2. The van der Waals surface area contributed by atoms with E-state index in [0.717, 1.165) is 94.6 Å². The number of hydrogen-bond acceptors (Lipinski definition) is 12. The van der Waals surface area contributed by atoms with E-state index in [1.807, 2.05) is 65.6 Å². The van der Waals surface area contributed by atoms with Crippen LogP contribution in [0.15, 0.2) is 82.0 Å². The van der Waals surface area contributed by atoms with Crippen LogP contribution in [0.5, 0.6) is 11.5 Å². The minimum Gasteiger partial charge on any atom is -0.491 e. The van der Waals surface area contributed by atoms with Gasteiger partial charge in [-0.15, -0.1) is 0 Å². The molecule has 2 aliphatic heterocycles. The van der Waals surface area contributed by atoms with E-state index in [-0.39, 0.29) is 25.2 Å². The van der Waals surface area contributed by atoms with Crippen molar-refractivity contribution in [2.24, 2.45) is 0 Å². The maximum atomic E-state index is 11.6. The molecule has 15 nitrogen and oxygen atoms in total. The number of imidazole rings is 2. The highest BCUT2D eigenvalue weighted by Crippen LogP contribution is 2.25. The fourth-order valence-corrected chi connectivity index (χ4v) is 7.70. The molecular weight excluding hydrogens is 886 g/mol. The molecule has 2 fully saturated rings. The fourth-order valence-electron chi connectivity index (χ4n) is 7.04. The number of β-amino-alcohol motifs (C(OH)–C–C–N with tert-alkyl or cyclic N) is 2. The number of hydrogen-bond donors (Lipinski definition) is 6. The number of pyridine rings is 2. The van der Waals surface area contributed by atoms with Crippen LogP contribution >= 0.6 is 31.9 Å². The van der Waals surface area contributed by atoms with E-state index < -0.39 is 12.2 Å². The molecule has 0 bridgehead atoms. The van der Waals surface area contributed by atoms with E-state index in [0.29, 0.717) is 48.8 Å². The SMILES string of the molecule is O=C1CCCN1CCCNCC(O)COc1ccc(-c2nc3ncc(Br)cc3[nH]2)cc1.OC1CCCN(CC(O)COc2ccc(-c3nc4ncc(Br)cc4[nH]3)cc2)C1. The van der Waals surface area contributed by atoms with Crippen molar-refractivity contribution in [1.29, 1.82) is 0 Å². The maximum absolute atomic E-state index is 11.6. The van der Waals surface area contributed by atoms with Gasteiger partial charge in [0.15, 0.2) is 11.3 Å². The second-order valence-electron chi connectivity index (χ2n) is 14.8. The number of likely N-dealkylation sites (tertiary alicyclic amines) is 2. The van der Waals surface area contributed by atoms with Crippen LogP contribution in [-0.2, 0) is 4.79 Å². The minimum absolute atomic E-state index is 0.208. The van der Waals surface area contributed by atoms with E-state index in [1.54, 1.807) is 12.4 Å². The van der Waals surface area contributed by atoms with E-state index in [4.69, 9.17) is 9.47 Å². The number of nitrogens with one attached hydrogen (secondary N) is 3. The summed E-state index contributed by atoms with van der Waals surface area (Å²) in [5, 5.41) is 33.3. The Morgan fingerprint density at radius 2 is 1.39 bits per heavy atom. The number of piperidine rings is 1. The van der Waals surface area contributed by atoms with Gasteiger partial charge in [-0.3, -0.25) is 9.69 Å². The molecule has 0 saturated carbocycles. The molecule has 6 aromatic rings. The van der Waals surface area contributed by atoms with E-state index >= 15 is 0 Å². The number of carbonyl (C=O) groups is 1. The van der Waals surface area contributed by atoms with Gasteiger partial charge in [0.05, 0.1) is 17.1 Å². The largest absolute Gasteiger partial charge is 0.491 e. The molecule has 3 atom stereocenters. The first-order valence-corrected chi connectivity index (χ1v) is 21.5. The third kappa shape index (κ3) is 12.3. The summed E-state index contributed by atoms with van der Waals surface area (Å²) in [6.07, 6.45) is 6.29. The normalized spacial score (nSPS) is 16.9. The average molecular weight is 936 g/mol. The number of benzene rings is 2. The summed E-state index contributed by atoms with van der Waals surface area (Å²) in [6.45, 7) is 5.33. The number of rotatable bonds is 16. The lowest BCUT2D eigenvalue weighted by atomic mass is 10.1. The highest BCUT2D eigenvalue weighted by atomic mass is 79.9. The Balaban J connectivity index is 0.000000180. The van der Waals surface area contributed by atoms with Crippen LogP contribution in [0.25, 0.3) is 45.1 Å². The molecular formula is C42H49Br2N9O6. The number of nitrogens with zero attached hydrogens (tertiary/aromatic N) is 6. The second kappa shape index (κ2) is 20.7. The first-order valence-electron chi connectivity index (χ1n) is 19.9. The average Bonchev–Trinajstić information content (AvgIpc) is 3.97. The molecule has 1 amide bonds. The van der Waals surface area contributed by atoms with E-state index in [1.165, 1.54) is 0 Å². The maximum Gasteiger partial charge on any atom is 0.222 e. The number of aliphatic hydroxyl groups excluding tert-OH is 3. The molecule has 4 aromatic heterocycles. The molecule has 2 aromatic carbocycles. The number of halogens is 2. The molecule has 0 radical (unpaired) electrons. The van der Waals surface area contributed by atoms with Crippen LogP contribution in [0.4, 0.5) is 0 Å². The van der Waals surface area contributed by atoms with Crippen molar-refractivity contribution >= 4 is 60.1 Å². The summed E-state index contributed by atoms with van der Waals surface area (Å²) in [7, 11) is 0. The molecule has 6 N–H and O–H groups in total. The van der Waals surface area contributed by atoms with Crippen LogP contribution in [0.1, 0.15) is 32.1 Å².